The monoisotopic (exact) mass is 336 g/mol. The third kappa shape index (κ3) is 2.86. The maximum Gasteiger partial charge on any atom is 0.236 e. The molecule has 0 atom stereocenters. The Hall–Kier alpha value is -2.82. The van der Waals surface area contributed by atoms with Crippen molar-refractivity contribution in [1.29, 1.82) is 0 Å². The number of likely N-dealkylation sites (N-methyl/N-ethyl adjacent to an activating group) is 1. The Balaban J connectivity index is 1.84. The highest BCUT2D eigenvalue weighted by atomic mass is 16.2. The molecule has 5 heteroatoms. The zero-order chi connectivity index (χ0) is 18.4. The summed E-state index contributed by atoms with van der Waals surface area (Å²) >= 11 is 0. The van der Waals surface area contributed by atoms with Gasteiger partial charge in [-0.1, -0.05) is 12.1 Å². The largest absolute Gasteiger partial charge is 0.314 e. The van der Waals surface area contributed by atoms with E-state index in [9.17, 15) is 14.4 Å². The zero-order valence-corrected chi connectivity index (χ0v) is 14.8. The Morgan fingerprint density at radius 2 is 1.72 bits per heavy atom. The van der Waals surface area contributed by atoms with Crippen molar-refractivity contribution < 1.29 is 14.4 Å². The predicted molar refractivity (Wildman–Crippen MR) is 95.1 cm³/mol. The minimum atomic E-state index is -0.602. The number of carbonyl (C=O) groups excluding carboxylic acids is 3. The van der Waals surface area contributed by atoms with Gasteiger partial charge in [-0.05, 0) is 44.5 Å². The van der Waals surface area contributed by atoms with Crippen LogP contribution in [0.25, 0.3) is 0 Å². The lowest BCUT2D eigenvalue weighted by Crippen LogP contribution is -2.33. The van der Waals surface area contributed by atoms with E-state index in [4.69, 9.17) is 0 Å². The molecule has 0 saturated heterocycles. The van der Waals surface area contributed by atoms with Crippen LogP contribution in [0.15, 0.2) is 36.5 Å². The van der Waals surface area contributed by atoms with E-state index in [1.165, 1.54) is 6.20 Å². The standard InChI is InChI=1S/C20H20N2O3/c1-12-5-6-14(11-21-12)18(24)10-17(23)13-7-8-15-16(9-13)22(4)19(25)20(15,2)3/h5-9,11H,10H2,1-4H3. The fourth-order valence-electron chi connectivity index (χ4n) is 3.14. The van der Waals surface area contributed by atoms with Crippen molar-refractivity contribution in [3.63, 3.8) is 0 Å². The lowest BCUT2D eigenvalue weighted by Gasteiger charge is -2.16. The van der Waals surface area contributed by atoms with Crippen molar-refractivity contribution in [2.45, 2.75) is 32.6 Å². The first-order valence-electron chi connectivity index (χ1n) is 8.13. The normalized spacial score (nSPS) is 15.2. The Labute approximate surface area is 146 Å². The van der Waals surface area contributed by atoms with Crippen molar-refractivity contribution in [3.05, 3.63) is 58.9 Å². The van der Waals surface area contributed by atoms with Crippen LogP contribution in [0.4, 0.5) is 5.69 Å². The van der Waals surface area contributed by atoms with E-state index >= 15 is 0 Å². The number of aryl methyl sites for hydroxylation is 1. The van der Waals surface area contributed by atoms with Crippen LogP contribution in [-0.2, 0) is 10.2 Å². The Morgan fingerprint density at radius 3 is 2.36 bits per heavy atom. The van der Waals surface area contributed by atoms with Crippen LogP contribution < -0.4 is 4.90 Å². The van der Waals surface area contributed by atoms with Crippen molar-refractivity contribution in [1.82, 2.24) is 4.98 Å². The van der Waals surface area contributed by atoms with E-state index in [1.807, 2.05) is 26.8 Å². The number of ketones is 2. The maximum absolute atomic E-state index is 12.5. The third-order valence-electron chi connectivity index (χ3n) is 4.75. The van der Waals surface area contributed by atoms with E-state index < -0.39 is 5.41 Å². The minimum absolute atomic E-state index is 0.00564. The number of carbonyl (C=O) groups is 3. The minimum Gasteiger partial charge on any atom is -0.314 e. The molecule has 0 unspecified atom stereocenters. The fourth-order valence-corrected chi connectivity index (χ4v) is 3.14. The first-order chi connectivity index (χ1) is 11.7. The van der Waals surface area contributed by atoms with Gasteiger partial charge in [0, 0.05) is 35.8 Å². The van der Waals surface area contributed by atoms with Gasteiger partial charge in [-0.15, -0.1) is 0 Å². The number of aromatic nitrogens is 1. The van der Waals surface area contributed by atoms with E-state index in [2.05, 4.69) is 4.98 Å². The Bertz CT molecular complexity index is 882. The van der Waals surface area contributed by atoms with Crippen LogP contribution in [0.5, 0.6) is 0 Å². The molecule has 2 heterocycles. The number of fused-ring (bicyclic) bond motifs is 1. The Kier molecular flexibility index (Phi) is 4.03. The molecule has 1 aromatic carbocycles. The molecule has 1 aromatic heterocycles. The summed E-state index contributed by atoms with van der Waals surface area (Å²) in [5, 5.41) is 0. The summed E-state index contributed by atoms with van der Waals surface area (Å²) in [6.07, 6.45) is 1.27. The van der Waals surface area contributed by atoms with E-state index in [0.29, 0.717) is 11.1 Å². The predicted octanol–water partition coefficient (Wildman–Crippen LogP) is 3.10. The lowest BCUT2D eigenvalue weighted by atomic mass is 9.85. The molecule has 128 valence electrons. The molecule has 1 amide bonds. The smallest absolute Gasteiger partial charge is 0.236 e. The second-order valence-corrected chi connectivity index (χ2v) is 6.93. The molecule has 25 heavy (non-hydrogen) atoms. The molecule has 0 spiro atoms. The van der Waals surface area contributed by atoms with Crippen LogP contribution in [-0.4, -0.2) is 29.5 Å². The van der Waals surface area contributed by atoms with Gasteiger partial charge in [-0.2, -0.15) is 0 Å². The number of pyridine rings is 1. The lowest BCUT2D eigenvalue weighted by molar-refractivity contribution is -0.121. The number of Topliss-reactive ketones (excluding diaryl/α,β-unsaturated/α-hetero) is 2. The number of nitrogens with zero attached hydrogens (tertiary/aromatic N) is 2. The van der Waals surface area contributed by atoms with Crippen LogP contribution in [0.1, 0.15) is 52.2 Å². The molecule has 0 bridgehead atoms. The number of amides is 1. The molecule has 0 fully saturated rings. The summed E-state index contributed by atoms with van der Waals surface area (Å²) < 4.78 is 0. The van der Waals surface area contributed by atoms with Gasteiger partial charge in [0.15, 0.2) is 11.6 Å². The van der Waals surface area contributed by atoms with Crippen molar-refractivity contribution in [2.75, 3.05) is 11.9 Å². The molecular formula is C20H20N2O3. The van der Waals surface area contributed by atoms with Gasteiger partial charge < -0.3 is 4.90 Å². The molecule has 1 aliphatic rings. The summed E-state index contributed by atoms with van der Waals surface area (Å²) in [4.78, 5) is 42.8. The summed E-state index contributed by atoms with van der Waals surface area (Å²) in [6, 6.07) is 8.62. The first-order valence-corrected chi connectivity index (χ1v) is 8.13. The quantitative estimate of drug-likeness (QED) is 0.635. The average molecular weight is 336 g/mol. The van der Waals surface area contributed by atoms with Crippen LogP contribution in [0.2, 0.25) is 0 Å². The van der Waals surface area contributed by atoms with Gasteiger partial charge in [-0.25, -0.2) is 0 Å². The SMILES string of the molecule is Cc1ccc(C(=O)CC(=O)c2ccc3c(c2)N(C)C(=O)C3(C)C)cn1. The molecule has 0 radical (unpaired) electrons. The van der Waals surface area contributed by atoms with Gasteiger partial charge in [0.05, 0.1) is 11.8 Å². The van der Waals surface area contributed by atoms with Gasteiger partial charge in [0.25, 0.3) is 0 Å². The van der Waals surface area contributed by atoms with Crippen LogP contribution in [0, 0.1) is 6.92 Å². The van der Waals surface area contributed by atoms with E-state index in [0.717, 1.165) is 16.9 Å². The second kappa shape index (κ2) is 5.92. The van der Waals surface area contributed by atoms with Gasteiger partial charge in [-0.3, -0.25) is 19.4 Å². The van der Waals surface area contributed by atoms with E-state index in [1.54, 1.807) is 36.2 Å². The number of rotatable bonds is 4. The first kappa shape index (κ1) is 17.0. The molecule has 0 saturated carbocycles. The molecule has 3 rings (SSSR count). The second-order valence-electron chi connectivity index (χ2n) is 6.93. The highest BCUT2D eigenvalue weighted by Gasteiger charge is 2.42. The van der Waals surface area contributed by atoms with Crippen molar-refractivity contribution in [3.8, 4) is 0 Å². The molecule has 1 aliphatic heterocycles. The molecule has 2 aromatic rings. The number of benzene rings is 1. The third-order valence-corrected chi connectivity index (χ3v) is 4.75. The van der Waals surface area contributed by atoms with Gasteiger partial charge in [0.1, 0.15) is 0 Å². The summed E-state index contributed by atoms with van der Waals surface area (Å²) in [5.74, 6) is -0.532. The van der Waals surface area contributed by atoms with Crippen LogP contribution in [0.3, 0.4) is 0 Å². The summed E-state index contributed by atoms with van der Waals surface area (Å²) in [7, 11) is 1.70. The molecule has 5 nitrogen and oxygen atoms in total. The van der Waals surface area contributed by atoms with Crippen molar-refractivity contribution >= 4 is 23.2 Å². The molecular weight excluding hydrogens is 316 g/mol. The zero-order valence-electron chi connectivity index (χ0n) is 14.8. The average Bonchev–Trinajstić information content (AvgIpc) is 2.76. The highest BCUT2D eigenvalue weighted by Crippen LogP contribution is 2.41. The fraction of sp³-hybridized carbons (Fsp3) is 0.300. The molecule has 0 N–H and O–H groups in total. The highest BCUT2D eigenvalue weighted by molar-refractivity contribution is 6.14. The number of hydrogen-bond acceptors (Lipinski definition) is 4. The van der Waals surface area contributed by atoms with Gasteiger partial charge >= 0.3 is 0 Å². The number of hydrogen-bond donors (Lipinski definition) is 0. The molecule has 0 aliphatic carbocycles. The number of anilines is 1. The summed E-state index contributed by atoms with van der Waals surface area (Å²) in [6.45, 7) is 5.57. The van der Waals surface area contributed by atoms with Crippen molar-refractivity contribution in [2.24, 2.45) is 0 Å². The van der Waals surface area contributed by atoms with Gasteiger partial charge in [0.2, 0.25) is 5.91 Å². The summed E-state index contributed by atoms with van der Waals surface area (Å²) in [5.41, 5.74) is 2.69. The topological polar surface area (TPSA) is 67.3 Å². The maximum atomic E-state index is 12.5. The van der Waals surface area contributed by atoms with Crippen LogP contribution >= 0.6 is 0 Å². The Morgan fingerprint density at radius 1 is 1.08 bits per heavy atom. The van der Waals surface area contributed by atoms with E-state index in [-0.39, 0.29) is 23.9 Å².